The molecule has 0 spiro atoms. The minimum Gasteiger partial charge on any atom is -0.379 e. The molecule has 1 atom stereocenters. The molecule has 1 unspecified atom stereocenters. The molecule has 0 aliphatic carbocycles. The summed E-state index contributed by atoms with van der Waals surface area (Å²) >= 11 is 7.00. The summed E-state index contributed by atoms with van der Waals surface area (Å²) in [6, 6.07) is 6.57. The van der Waals surface area contributed by atoms with Crippen LogP contribution >= 0.6 is 31.9 Å². The van der Waals surface area contributed by atoms with Gasteiger partial charge < -0.3 is 10.1 Å². The number of halogens is 2. The van der Waals surface area contributed by atoms with Crippen molar-refractivity contribution in [2.75, 3.05) is 18.5 Å². The average Bonchev–Trinajstić information content (AvgIpc) is 2.25. The van der Waals surface area contributed by atoms with Crippen LogP contribution < -0.4 is 5.32 Å². The summed E-state index contributed by atoms with van der Waals surface area (Å²) in [6.45, 7) is 1.71. The van der Waals surface area contributed by atoms with Crippen LogP contribution in [-0.2, 0) is 4.74 Å². The first kappa shape index (κ1) is 11.4. The summed E-state index contributed by atoms with van der Waals surface area (Å²) in [5, 5.41) is 3.49. The molecule has 2 nitrogen and oxygen atoms in total. The van der Waals surface area contributed by atoms with E-state index >= 15 is 0 Å². The standard InChI is InChI=1S/C11H13Br2NO/c12-8-3-4-10(13)11(6-8)14-9-2-1-5-15-7-9/h3-4,6,9,14H,1-2,5,7H2. The van der Waals surface area contributed by atoms with E-state index in [2.05, 4.69) is 43.2 Å². The molecule has 0 radical (unpaired) electrons. The van der Waals surface area contributed by atoms with Gasteiger partial charge in [-0.15, -0.1) is 0 Å². The maximum absolute atomic E-state index is 5.43. The summed E-state index contributed by atoms with van der Waals surface area (Å²) in [6.07, 6.45) is 2.32. The van der Waals surface area contributed by atoms with Gasteiger partial charge in [-0.3, -0.25) is 0 Å². The molecule has 0 bridgehead atoms. The van der Waals surface area contributed by atoms with Crippen LogP contribution in [0, 0.1) is 0 Å². The summed E-state index contributed by atoms with van der Waals surface area (Å²) in [5.41, 5.74) is 1.12. The van der Waals surface area contributed by atoms with Crippen molar-refractivity contribution >= 4 is 37.5 Å². The predicted molar refractivity (Wildman–Crippen MR) is 69.3 cm³/mol. The van der Waals surface area contributed by atoms with Crippen molar-refractivity contribution in [1.29, 1.82) is 0 Å². The summed E-state index contributed by atoms with van der Waals surface area (Å²) in [5.74, 6) is 0. The number of benzene rings is 1. The van der Waals surface area contributed by atoms with Crippen molar-refractivity contribution < 1.29 is 4.74 Å². The first-order valence-corrected chi connectivity index (χ1v) is 6.63. The number of nitrogens with one attached hydrogen (secondary N) is 1. The molecule has 0 amide bonds. The van der Waals surface area contributed by atoms with E-state index in [0.29, 0.717) is 6.04 Å². The van der Waals surface area contributed by atoms with Gasteiger partial charge in [-0.25, -0.2) is 0 Å². The lowest BCUT2D eigenvalue weighted by atomic mass is 10.1. The smallest absolute Gasteiger partial charge is 0.0667 e. The van der Waals surface area contributed by atoms with Crippen LogP contribution in [0.15, 0.2) is 27.1 Å². The Hall–Kier alpha value is -0.0600. The molecule has 1 heterocycles. The normalized spacial score (nSPS) is 21.3. The van der Waals surface area contributed by atoms with E-state index in [0.717, 1.165) is 34.3 Å². The highest BCUT2D eigenvalue weighted by atomic mass is 79.9. The highest BCUT2D eigenvalue weighted by Gasteiger charge is 2.14. The first-order valence-electron chi connectivity index (χ1n) is 5.05. The average molecular weight is 335 g/mol. The molecular weight excluding hydrogens is 322 g/mol. The summed E-state index contributed by atoms with van der Waals surface area (Å²) in [4.78, 5) is 0. The molecular formula is C11H13Br2NO. The maximum Gasteiger partial charge on any atom is 0.0667 e. The molecule has 0 aromatic heterocycles. The first-order chi connectivity index (χ1) is 7.25. The molecule has 15 heavy (non-hydrogen) atoms. The predicted octanol–water partition coefficient (Wildman–Crippen LogP) is 3.80. The minimum absolute atomic E-state index is 0.435. The van der Waals surface area contributed by atoms with Gasteiger partial charge in [0.15, 0.2) is 0 Å². The zero-order chi connectivity index (χ0) is 10.7. The Labute approximate surface area is 107 Å². The van der Waals surface area contributed by atoms with Crippen LogP contribution in [0.4, 0.5) is 5.69 Å². The second kappa shape index (κ2) is 5.32. The molecule has 2 rings (SSSR count). The van der Waals surface area contributed by atoms with Crippen molar-refractivity contribution in [3.63, 3.8) is 0 Å². The Balaban J connectivity index is 2.05. The van der Waals surface area contributed by atoms with E-state index < -0.39 is 0 Å². The maximum atomic E-state index is 5.43. The highest BCUT2D eigenvalue weighted by Crippen LogP contribution is 2.27. The molecule has 1 fully saturated rings. The van der Waals surface area contributed by atoms with Crippen molar-refractivity contribution in [2.24, 2.45) is 0 Å². The third kappa shape index (κ3) is 3.20. The summed E-state index contributed by atoms with van der Waals surface area (Å²) < 4.78 is 7.62. The fourth-order valence-electron chi connectivity index (χ4n) is 1.68. The van der Waals surface area contributed by atoms with Gasteiger partial charge in [0.25, 0.3) is 0 Å². The zero-order valence-electron chi connectivity index (χ0n) is 8.30. The van der Waals surface area contributed by atoms with Crippen LogP contribution in [0.5, 0.6) is 0 Å². The van der Waals surface area contributed by atoms with Gasteiger partial charge in [0, 0.05) is 27.3 Å². The number of hydrogen-bond donors (Lipinski definition) is 1. The quantitative estimate of drug-likeness (QED) is 0.888. The van der Waals surface area contributed by atoms with E-state index in [1.807, 2.05) is 12.1 Å². The Morgan fingerprint density at radius 1 is 1.33 bits per heavy atom. The van der Waals surface area contributed by atoms with E-state index in [-0.39, 0.29) is 0 Å². The van der Waals surface area contributed by atoms with Gasteiger partial charge in [0.05, 0.1) is 6.61 Å². The molecule has 82 valence electrons. The molecule has 1 N–H and O–H groups in total. The third-order valence-corrected chi connectivity index (χ3v) is 3.63. The molecule has 0 saturated carbocycles. The number of rotatable bonds is 2. The van der Waals surface area contributed by atoms with Gasteiger partial charge in [0.2, 0.25) is 0 Å². The van der Waals surface area contributed by atoms with Crippen molar-refractivity contribution in [1.82, 2.24) is 0 Å². The van der Waals surface area contributed by atoms with Gasteiger partial charge in [-0.2, -0.15) is 0 Å². The largest absolute Gasteiger partial charge is 0.379 e. The van der Waals surface area contributed by atoms with Crippen LogP contribution in [0.2, 0.25) is 0 Å². The van der Waals surface area contributed by atoms with E-state index in [1.54, 1.807) is 0 Å². The van der Waals surface area contributed by atoms with Crippen LogP contribution in [0.1, 0.15) is 12.8 Å². The van der Waals surface area contributed by atoms with Crippen LogP contribution in [-0.4, -0.2) is 19.3 Å². The third-order valence-electron chi connectivity index (χ3n) is 2.45. The molecule has 1 aromatic carbocycles. The fourth-order valence-corrected chi connectivity index (χ4v) is 2.40. The monoisotopic (exact) mass is 333 g/mol. The van der Waals surface area contributed by atoms with E-state index in [9.17, 15) is 0 Å². The lowest BCUT2D eigenvalue weighted by molar-refractivity contribution is 0.0876. The minimum atomic E-state index is 0.435. The summed E-state index contributed by atoms with van der Waals surface area (Å²) in [7, 11) is 0. The second-order valence-electron chi connectivity index (χ2n) is 3.68. The molecule has 1 saturated heterocycles. The van der Waals surface area contributed by atoms with Crippen molar-refractivity contribution in [3.8, 4) is 0 Å². The Bertz CT molecular complexity index is 337. The SMILES string of the molecule is Brc1ccc(Br)c(NC2CCCOC2)c1. The van der Waals surface area contributed by atoms with Crippen molar-refractivity contribution in [3.05, 3.63) is 27.1 Å². The molecule has 1 aromatic rings. The number of ether oxygens (including phenoxy) is 1. The Morgan fingerprint density at radius 2 is 2.20 bits per heavy atom. The molecule has 1 aliphatic rings. The number of hydrogen-bond acceptors (Lipinski definition) is 2. The van der Waals surface area contributed by atoms with E-state index in [4.69, 9.17) is 4.74 Å². The van der Waals surface area contributed by atoms with Crippen molar-refractivity contribution in [2.45, 2.75) is 18.9 Å². The zero-order valence-corrected chi connectivity index (χ0v) is 11.5. The molecule has 4 heteroatoms. The van der Waals surface area contributed by atoms with Gasteiger partial charge >= 0.3 is 0 Å². The fraction of sp³-hybridized carbons (Fsp3) is 0.455. The Morgan fingerprint density at radius 3 is 2.93 bits per heavy atom. The lowest BCUT2D eigenvalue weighted by Crippen LogP contribution is -2.30. The highest BCUT2D eigenvalue weighted by molar-refractivity contribution is 9.11. The topological polar surface area (TPSA) is 21.3 Å². The van der Waals surface area contributed by atoms with Crippen LogP contribution in [0.3, 0.4) is 0 Å². The number of anilines is 1. The van der Waals surface area contributed by atoms with Gasteiger partial charge in [0.1, 0.15) is 0 Å². The van der Waals surface area contributed by atoms with Gasteiger partial charge in [-0.05, 0) is 47.0 Å². The van der Waals surface area contributed by atoms with Gasteiger partial charge in [-0.1, -0.05) is 15.9 Å². The Kier molecular flexibility index (Phi) is 4.05. The van der Waals surface area contributed by atoms with Crippen LogP contribution in [0.25, 0.3) is 0 Å². The van der Waals surface area contributed by atoms with E-state index in [1.165, 1.54) is 6.42 Å². The second-order valence-corrected chi connectivity index (χ2v) is 5.45. The lowest BCUT2D eigenvalue weighted by Gasteiger charge is -2.24. The molecule has 1 aliphatic heterocycles.